The fraction of sp³-hybridized carbons (Fsp3) is 0.600. The van der Waals surface area contributed by atoms with Gasteiger partial charge in [0, 0.05) is 0 Å². The Morgan fingerprint density at radius 2 is 1.72 bits per heavy atom. The van der Waals surface area contributed by atoms with Crippen LogP contribution in [0.5, 0.6) is 5.75 Å². The largest absolute Gasteiger partial charge is 0.429 e. The molecule has 1 fully saturated rings. The monoisotopic (exact) mass is 358 g/mol. The van der Waals surface area contributed by atoms with E-state index in [1.807, 2.05) is 6.92 Å². The molecular weight excluding hydrogens is 332 g/mol. The number of hydrogen-bond acceptors (Lipinski definition) is 1. The third-order valence-electron chi connectivity index (χ3n) is 5.01. The number of halogens is 4. The number of hydrogen-bond donors (Lipinski definition) is 0. The van der Waals surface area contributed by atoms with E-state index in [-0.39, 0.29) is 5.92 Å². The van der Waals surface area contributed by atoms with Gasteiger partial charge in [-0.15, -0.1) is 0 Å². The van der Waals surface area contributed by atoms with Crippen LogP contribution in [0, 0.1) is 17.6 Å². The molecular formula is C20H26F4O. The van der Waals surface area contributed by atoms with Crippen molar-refractivity contribution < 1.29 is 22.3 Å². The first-order chi connectivity index (χ1) is 12.0. The fourth-order valence-corrected chi connectivity index (χ4v) is 3.66. The van der Waals surface area contributed by atoms with E-state index in [1.54, 1.807) is 0 Å². The molecule has 25 heavy (non-hydrogen) atoms. The third kappa shape index (κ3) is 6.05. The van der Waals surface area contributed by atoms with Gasteiger partial charge in [-0.1, -0.05) is 25.0 Å². The van der Waals surface area contributed by atoms with E-state index in [9.17, 15) is 17.6 Å². The lowest BCUT2D eigenvalue weighted by atomic mass is 9.77. The van der Waals surface area contributed by atoms with E-state index in [1.165, 1.54) is 19.3 Å². The zero-order valence-electron chi connectivity index (χ0n) is 14.6. The standard InChI is InChI=1S/C20H26F4O/c1-2-3-4-5-6-7-14-8-10-15(11-9-14)16-12-17(21)19(18(22)13-16)25-20(23)24/h2-3,12-15,20H,4-11H2,1H3/b3-2+. The molecule has 0 aliphatic heterocycles. The molecule has 0 aromatic heterocycles. The summed E-state index contributed by atoms with van der Waals surface area (Å²) in [4.78, 5) is 0. The van der Waals surface area contributed by atoms with Crippen LogP contribution in [0.15, 0.2) is 24.3 Å². The van der Waals surface area contributed by atoms with E-state index in [2.05, 4.69) is 16.9 Å². The second kappa shape index (κ2) is 9.83. The molecule has 0 atom stereocenters. The lowest BCUT2D eigenvalue weighted by Gasteiger charge is -2.29. The van der Waals surface area contributed by atoms with Crippen LogP contribution in [0.1, 0.15) is 69.8 Å². The van der Waals surface area contributed by atoms with E-state index >= 15 is 0 Å². The van der Waals surface area contributed by atoms with Crippen molar-refractivity contribution in [3.8, 4) is 5.75 Å². The van der Waals surface area contributed by atoms with Crippen molar-refractivity contribution in [2.75, 3.05) is 0 Å². The Balaban J connectivity index is 1.86. The molecule has 0 heterocycles. The van der Waals surface area contributed by atoms with Crippen molar-refractivity contribution >= 4 is 0 Å². The van der Waals surface area contributed by atoms with Gasteiger partial charge in [0.2, 0.25) is 0 Å². The summed E-state index contributed by atoms with van der Waals surface area (Å²) in [6.07, 6.45) is 12.9. The molecule has 1 nitrogen and oxygen atoms in total. The van der Waals surface area contributed by atoms with Gasteiger partial charge in [-0.05, 0) is 75.0 Å². The second-order valence-corrected chi connectivity index (χ2v) is 6.76. The number of unbranched alkanes of at least 4 members (excludes halogenated alkanes) is 2. The van der Waals surface area contributed by atoms with Gasteiger partial charge in [0.15, 0.2) is 17.4 Å². The lowest BCUT2D eigenvalue weighted by molar-refractivity contribution is -0.0546. The Morgan fingerprint density at radius 3 is 2.28 bits per heavy atom. The zero-order valence-corrected chi connectivity index (χ0v) is 14.6. The van der Waals surface area contributed by atoms with Crippen LogP contribution < -0.4 is 4.74 Å². The predicted molar refractivity (Wildman–Crippen MR) is 91.0 cm³/mol. The molecule has 1 aliphatic carbocycles. The zero-order chi connectivity index (χ0) is 18.2. The number of alkyl halides is 2. The van der Waals surface area contributed by atoms with Gasteiger partial charge in [-0.2, -0.15) is 8.78 Å². The van der Waals surface area contributed by atoms with Crippen LogP contribution in [-0.4, -0.2) is 6.61 Å². The van der Waals surface area contributed by atoms with Gasteiger partial charge < -0.3 is 4.74 Å². The Kier molecular flexibility index (Phi) is 7.79. The van der Waals surface area contributed by atoms with Crippen molar-refractivity contribution in [3.05, 3.63) is 41.5 Å². The van der Waals surface area contributed by atoms with Gasteiger partial charge in [0.05, 0.1) is 0 Å². The van der Waals surface area contributed by atoms with E-state index in [0.717, 1.165) is 44.2 Å². The molecule has 0 spiro atoms. The van der Waals surface area contributed by atoms with Crippen LogP contribution in [0.2, 0.25) is 0 Å². The summed E-state index contributed by atoms with van der Waals surface area (Å²) in [5.41, 5.74) is 0.545. The summed E-state index contributed by atoms with van der Waals surface area (Å²) in [5.74, 6) is -2.33. The molecule has 0 saturated heterocycles. The second-order valence-electron chi connectivity index (χ2n) is 6.76. The van der Waals surface area contributed by atoms with Crippen molar-refractivity contribution in [1.29, 1.82) is 0 Å². The minimum Gasteiger partial charge on any atom is -0.429 e. The molecule has 2 rings (SSSR count). The Bertz CT molecular complexity index is 540. The molecule has 0 unspecified atom stereocenters. The van der Waals surface area contributed by atoms with Gasteiger partial charge in [0.25, 0.3) is 0 Å². The Morgan fingerprint density at radius 1 is 1.08 bits per heavy atom. The molecule has 1 aromatic rings. The maximum Gasteiger partial charge on any atom is 0.387 e. The summed E-state index contributed by atoms with van der Waals surface area (Å²) in [7, 11) is 0. The van der Waals surface area contributed by atoms with Gasteiger partial charge in [-0.25, -0.2) is 8.78 Å². The minimum atomic E-state index is -3.24. The first-order valence-electron chi connectivity index (χ1n) is 9.06. The highest BCUT2D eigenvalue weighted by molar-refractivity contribution is 5.33. The lowest BCUT2D eigenvalue weighted by Crippen LogP contribution is -2.14. The maximum atomic E-state index is 13.9. The van der Waals surface area contributed by atoms with E-state index in [4.69, 9.17) is 0 Å². The first-order valence-corrected chi connectivity index (χ1v) is 9.06. The molecule has 5 heteroatoms. The SMILES string of the molecule is C/C=C/CCCCC1CCC(c2cc(F)c(OC(F)F)c(F)c2)CC1. The Hall–Kier alpha value is -1.52. The highest BCUT2D eigenvalue weighted by atomic mass is 19.3. The van der Waals surface area contributed by atoms with Gasteiger partial charge in [-0.3, -0.25) is 0 Å². The minimum absolute atomic E-state index is 0.0869. The highest BCUT2D eigenvalue weighted by Crippen LogP contribution is 2.39. The quantitative estimate of drug-likeness (QED) is 0.277. The number of allylic oxidation sites excluding steroid dienone is 2. The average Bonchev–Trinajstić information content (AvgIpc) is 2.58. The first kappa shape index (κ1) is 19.8. The van der Waals surface area contributed by atoms with Gasteiger partial charge in [0.1, 0.15) is 0 Å². The molecule has 0 amide bonds. The number of rotatable bonds is 8. The molecule has 0 bridgehead atoms. The van der Waals surface area contributed by atoms with E-state index < -0.39 is 24.0 Å². The van der Waals surface area contributed by atoms with Crippen molar-refractivity contribution in [2.45, 2.75) is 70.8 Å². The summed E-state index contributed by atoms with van der Waals surface area (Å²) in [5, 5.41) is 0. The van der Waals surface area contributed by atoms with Crippen LogP contribution in [0.4, 0.5) is 17.6 Å². The smallest absolute Gasteiger partial charge is 0.387 e. The highest BCUT2D eigenvalue weighted by Gasteiger charge is 2.25. The molecule has 0 radical (unpaired) electrons. The summed E-state index contributed by atoms with van der Waals surface area (Å²) in [6, 6.07) is 2.28. The summed E-state index contributed by atoms with van der Waals surface area (Å²) < 4.78 is 56.0. The Labute approximate surface area is 147 Å². The van der Waals surface area contributed by atoms with Crippen molar-refractivity contribution in [1.82, 2.24) is 0 Å². The number of benzene rings is 1. The average molecular weight is 358 g/mol. The topological polar surface area (TPSA) is 9.23 Å². The molecule has 1 aromatic carbocycles. The van der Waals surface area contributed by atoms with Crippen LogP contribution >= 0.6 is 0 Å². The number of ether oxygens (including phenoxy) is 1. The van der Waals surface area contributed by atoms with Crippen molar-refractivity contribution in [3.63, 3.8) is 0 Å². The molecule has 0 N–H and O–H groups in total. The fourth-order valence-electron chi connectivity index (χ4n) is 3.66. The summed E-state index contributed by atoms with van der Waals surface area (Å²) >= 11 is 0. The van der Waals surface area contributed by atoms with Crippen LogP contribution in [-0.2, 0) is 0 Å². The third-order valence-corrected chi connectivity index (χ3v) is 5.01. The molecule has 1 aliphatic rings. The van der Waals surface area contributed by atoms with E-state index in [0.29, 0.717) is 11.5 Å². The van der Waals surface area contributed by atoms with Crippen LogP contribution in [0.3, 0.4) is 0 Å². The normalized spacial score (nSPS) is 21.2. The maximum absolute atomic E-state index is 13.9. The van der Waals surface area contributed by atoms with Gasteiger partial charge >= 0.3 is 6.61 Å². The molecule has 1 saturated carbocycles. The van der Waals surface area contributed by atoms with Crippen molar-refractivity contribution in [2.24, 2.45) is 5.92 Å². The summed E-state index contributed by atoms with van der Waals surface area (Å²) in [6.45, 7) is -1.21. The molecule has 140 valence electrons. The van der Waals surface area contributed by atoms with Crippen LogP contribution in [0.25, 0.3) is 0 Å². The predicted octanol–water partition coefficient (Wildman–Crippen LogP) is 6.98.